The van der Waals surface area contributed by atoms with Crippen molar-refractivity contribution < 1.29 is 4.79 Å². The van der Waals surface area contributed by atoms with E-state index in [4.69, 9.17) is 0 Å². The summed E-state index contributed by atoms with van der Waals surface area (Å²) in [6.45, 7) is 2.79. The largest absolute Gasteiger partial charge is 0.361 e. The Morgan fingerprint density at radius 1 is 1.03 bits per heavy atom. The number of hydrogen-bond acceptors (Lipinski definition) is 5. The van der Waals surface area contributed by atoms with Crippen molar-refractivity contribution in [1.82, 2.24) is 19.2 Å². The summed E-state index contributed by atoms with van der Waals surface area (Å²) in [6, 6.07) is 17.8. The standard InChI is InChI=1S/C21H20N6OS/c28-20(23-17-6-7-18-16(14-17)8-9-22-18)26-10-12-27(13-11-26)21-24-19(25-29-21)15-4-2-1-3-5-15/h1-9,14,22H,10-13H2,(H,23,28). The monoisotopic (exact) mass is 404 g/mol. The molecule has 146 valence electrons. The molecule has 4 aromatic rings. The van der Waals surface area contributed by atoms with Crippen molar-refractivity contribution in [3.8, 4) is 11.4 Å². The van der Waals surface area contributed by atoms with Gasteiger partial charge >= 0.3 is 6.03 Å². The molecule has 2 N–H and O–H groups in total. The number of nitrogens with zero attached hydrogens (tertiary/aromatic N) is 4. The molecule has 29 heavy (non-hydrogen) atoms. The SMILES string of the molecule is O=C(Nc1ccc2[nH]ccc2c1)N1CCN(c2nc(-c3ccccc3)ns2)CC1. The van der Waals surface area contributed by atoms with Crippen LogP contribution in [0.3, 0.4) is 0 Å². The van der Waals surface area contributed by atoms with Crippen LogP contribution in [0.25, 0.3) is 22.3 Å². The molecule has 2 aromatic carbocycles. The van der Waals surface area contributed by atoms with Gasteiger partial charge in [-0.25, -0.2) is 4.79 Å². The van der Waals surface area contributed by atoms with Crippen LogP contribution in [0.2, 0.25) is 0 Å². The Labute approximate surface area is 172 Å². The number of benzene rings is 2. The Bertz CT molecular complexity index is 1130. The molecule has 7 nitrogen and oxygen atoms in total. The highest BCUT2D eigenvalue weighted by Gasteiger charge is 2.23. The Kier molecular flexibility index (Phi) is 4.61. The minimum atomic E-state index is -0.0678. The Balaban J connectivity index is 1.20. The van der Waals surface area contributed by atoms with Crippen LogP contribution in [-0.4, -0.2) is 51.5 Å². The van der Waals surface area contributed by atoms with Crippen molar-refractivity contribution in [1.29, 1.82) is 0 Å². The third kappa shape index (κ3) is 3.66. The third-order valence-corrected chi connectivity index (χ3v) is 5.87. The lowest BCUT2D eigenvalue weighted by atomic mass is 10.2. The van der Waals surface area contributed by atoms with Gasteiger partial charge in [0.15, 0.2) is 5.82 Å². The molecule has 0 radical (unpaired) electrons. The first-order valence-corrected chi connectivity index (χ1v) is 10.3. The molecule has 0 saturated carbocycles. The molecule has 0 unspecified atom stereocenters. The van der Waals surface area contributed by atoms with E-state index < -0.39 is 0 Å². The fraction of sp³-hybridized carbons (Fsp3) is 0.190. The maximum Gasteiger partial charge on any atom is 0.321 e. The number of carbonyl (C=O) groups excluding carboxylic acids is 1. The van der Waals surface area contributed by atoms with Crippen molar-refractivity contribution in [2.45, 2.75) is 0 Å². The zero-order valence-electron chi connectivity index (χ0n) is 15.7. The van der Waals surface area contributed by atoms with E-state index in [-0.39, 0.29) is 6.03 Å². The summed E-state index contributed by atoms with van der Waals surface area (Å²) in [4.78, 5) is 24.5. The molecule has 1 saturated heterocycles. The number of urea groups is 1. The zero-order valence-corrected chi connectivity index (χ0v) is 16.5. The predicted octanol–water partition coefficient (Wildman–Crippen LogP) is 4.04. The molecule has 1 fully saturated rings. The van der Waals surface area contributed by atoms with Gasteiger partial charge in [-0.05, 0) is 24.3 Å². The molecule has 3 heterocycles. The van der Waals surface area contributed by atoms with Gasteiger partial charge in [-0.2, -0.15) is 9.36 Å². The average Bonchev–Trinajstić information content (AvgIpc) is 3.44. The maximum absolute atomic E-state index is 12.6. The highest BCUT2D eigenvalue weighted by Crippen LogP contribution is 2.25. The van der Waals surface area contributed by atoms with Gasteiger partial charge in [-0.15, -0.1) is 0 Å². The van der Waals surface area contributed by atoms with Crippen molar-refractivity contribution in [3.05, 3.63) is 60.8 Å². The fourth-order valence-corrected chi connectivity index (χ4v) is 4.22. The molecular formula is C21H20N6OS. The fourth-order valence-electron chi connectivity index (χ4n) is 3.48. The van der Waals surface area contributed by atoms with Crippen molar-refractivity contribution in [2.75, 3.05) is 36.4 Å². The summed E-state index contributed by atoms with van der Waals surface area (Å²) in [5.41, 5.74) is 2.89. The lowest BCUT2D eigenvalue weighted by Gasteiger charge is -2.34. The number of aromatic amines is 1. The van der Waals surface area contributed by atoms with Gasteiger partial charge in [0.25, 0.3) is 0 Å². The van der Waals surface area contributed by atoms with E-state index in [0.29, 0.717) is 13.1 Å². The zero-order chi connectivity index (χ0) is 19.6. The Morgan fingerprint density at radius 3 is 2.69 bits per heavy atom. The van der Waals surface area contributed by atoms with E-state index in [2.05, 4.69) is 24.6 Å². The summed E-state index contributed by atoms with van der Waals surface area (Å²) in [6.07, 6.45) is 1.90. The minimum Gasteiger partial charge on any atom is -0.361 e. The number of piperazine rings is 1. The summed E-state index contributed by atoms with van der Waals surface area (Å²) in [7, 11) is 0. The van der Waals surface area contributed by atoms with Crippen LogP contribution in [0.5, 0.6) is 0 Å². The van der Waals surface area contributed by atoms with Crippen LogP contribution in [0.4, 0.5) is 15.6 Å². The smallest absolute Gasteiger partial charge is 0.321 e. The Hall–Kier alpha value is -3.39. The minimum absolute atomic E-state index is 0.0678. The summed E-state index contributed by atoms with van der Waals surface area (Å²) >= 11 is 1.41. The van der Waals surface area contributed by atoms with Gasteiger partial charge in [0.05, 0.1) is 0 Å². The number of aromatic nitrogens is 3. The highest BCUT2D eigenvalue weighted by molar-refractivity contribution is 7.09. The molecule has 0 aliphatic carbocycles. The van der Waals surface area contributed by atoms with Crippen LogP contribution in [0.1, 0.15) is 0 Å². The molecule has 0 bridgehead atoms. The molecule has 0 spiro atoms. The second-order valence-electron chi connectivity index (χ2n) is 6.95. The van der Waals surface area contributed by atoms with Gasteiger partial charge in [0.1, 0.15) is 0 Å². The molecule has 8 heteroatoms. The number of H-pyrrole nitrogens is 1. The van der Waals surface area contributed by atoms with Gasteiger partial charge in [-0.1, -0.05) is 30.3 Å². The van der Waals surface area contributed by atoms with Crippen molar-refractivity contribution in [2.24, 2.45) is 0 Å². The maximum atomic E-state index is 12.6. The van der Waals surface area contributed by atoms with E-state index in [9.17, 15) is 4.79 Å². The van der Waals surface area contributed by atoms with Crippen molar-refractivity contribution >= 4 is 39.3 Å². The first kappa shape index (κ1) is 17.7. The van der Waals surface area contributed by atoms with Crippen LogP contribution < -0.4 is 10.2 Å². The number of fused-ring (bicyclic) bond motifs is 1. The van der Waals surface area contributed by atoms with Crippen molar-refractivity contribution in [3.63, 3.8) is 0 Å². The highest BCUT2D eigenvalue weighted by atomic mass is 32.1. The van der Waals surface area contributed by atoms with E-state index in [1.165, 1.54) is 11.5 Å². The molecule has 5 rings (SSSR count). The molecule has 0 atom stereocenters. The first-order chi connectivity index (χ1) is 14.3. The lowest BCUT2D eigenvalue weighted by molar-refractivity contribution is 0.208. The van der Waals surface area contributed by atoms with Crippen LogP contribution >= 0.6 is 11.5 Å². The normalized spacial score (nSPS) is 14.3. The van der Waals surface area contributed by atoms with Gasteiger partial charge in [0, 0.05) is 66.1 Å². The molecule has 2 amide bonds. The van der Waals surface area contributed by atoms with Crippen LogP contribution in [0.15, 0.2) is 60.8 Å². The topological polar surface area (TPSA) is 77.2 Å². The molecule has 1 aliphatic heterocycles. The summed E-state index contributed by atoms with van der Waals surface area (Å²) < 4.78 is 4.49. The molecule has 2 aromatic heterocycles. The number of anilines is 2. The number of carbonyl (C=O) groups is 1. The molecule has 1 aliphatic rings. The van der Waals surface area contributed by atoms with E-state index in [0.717, 1.165) is 46.2 Å². The van der Waals surface area contributed by atoms with E-state index >= 15 is 0 Å². The van der Waals surface area contributed by atoms with Gasteiger partial charge in [0.2, 0.25) is 5.13 Å². The number of rotatable bonds is 3. The van der Waals surface area contributed by atoms with E-state index in [1.807, 2.05) is 65.7 Å². The average molecular weight is 404 g/mol. The third-order valence-electron chi connectivity index (χ3n) is 5.09. The number of hydrogen-bond donors (Lipinski definition) is 2. The Morgan fingerprint density at radius 2 is 1.86 bits per heavy atom. The van der Waals surface area contributed by atoms with Gasteiger partial charge < -0.3 is 20.1 Å². The lowest BCUT2D eigenvalue weighted by Crippen LogP contribution is -2.50. The number of nitrogens with one attached hydrogen (secondary N) is 2. The van der Waals surface area contributed by atoms with Gasteiger partial charge in [-0.3, -0.25) is 0 Å². The van der Waals surface area contributed by atoms with Crippen LogP contribution in [0, 0.1) is 0 Å². The summed E-state index contributed by atoms with van der Waals surface area (Å²) in [5.74, 6) is 0.755. The number of amides is 2. The predicted molar refractivity (Wildman–Crippen MR) is 116 cm³/mol. The first-order valence-electron chi connectivity index (χ1n) is 9.53. The van der Waals surface area contributed by atoms with E-state index in [1.54, 1.807) is 0 Å². The second kappa shape index (κ2) is 7.56. The van der Waals surface area contributed by atoms with Crippen LogP contribution in [-0.2, 0) is 0 Å². The summed E-state index contributed by atoms with van der Waals surface area (Å²) in [5, 5.41) is 4.99. The quantitative estimate of drug-likeness (QED) is 0.540. The molecular weight excluding hydrogens is 384 g/mol. The second-order valence-corrected chi connectivity index (χ2v) is 7.68.